The summed E-state index contributed by atoms with van der Waals surface area (Å²) in [5, 5.41) is 5.74. The fourth-order valence-electron chi connectivity index (χ4n) is 1.99. The third-order valence-corrected chi connectivity index (χ3v) is 3.51. The Hall–Kier alpha value is -2.40. The molecule has 2 amide bonds. The number of carbonyl (C=O) groups excluding carboxylic acids is 2. The minimum absolute atomic E-state index is 0.0288. The number of hydrogen-bond donors (Lipinski definition) is 2. The molecule has 2 rings (SSSR count). The molecule has 0 aliphatic rings. The van der Waals surface area contributed by atoms with Gasteiger partial charge in [-0.05, 0) is 23.3 Å². The molecule has 0 fully saturated rings. The summed E-state index contributed by atoms with van der Waals surface area (Å²) in [5.41, 5.74) is 2.73. The van der Waals surface area contributed by atoms with Crippen LogP contribution in [0.25, 0.3) is 11.1 Å². The van der Waals surface area contributed by atoms with E-state index >= 15 is 0 Å². The molecule has 0 heterocycles. The molecule has 0 spiro atoms. The quantitative estimate of drug-likeness (QED) is 0.599. The predicted octanol–water partition coefficient (Wildman–Crippen LogP) is 3.71. The molecule has 2 aromatic rings. The van der Waals surface area contributed by atoms with Crippen LogP contribution < -0.4 is 10.6 Å². The van der Waals surface area contributed by atoms with Crippen molar-refractivity contribution < 1.29 is 9.59 Å². The molecule has 2 aromatic carbocycles. The number of rotatable bonds is 6. The van der Waals surface area contributed by atoms with E-state index in [-0.39, 0.29) is 18.0 Å². The van der Waals surface area contributed by atoms with Gasteiger partial charge in [0.15, 0.2) is 0 Å². The summed E-state index contributed by atoms with van der Waals surface area (Å²) >= 11 is 3.17. The van der Waals surface area contributed by atoms with Gasteiger partial charge in [-0.1, -0.05) is 65.0 Å². The second-order valence-electron chi connectivity index (χ2n) is 4.87. The highest BCUT2D eigenvalue weighted by Gasteiger charge is 2.11. The van der Waals surface area contributed by atoms with Gasteiger partial charge in [0.25, 0.3) is 5.91 Å². The summed E-state index contributed by atoms with van der Waals surface area (Å²) in [5.74, 6) is -0.682. The summed E-state index contributed by atoms with van der Waals surface area (Å²) < 4.78 is 0. The van der Waals surface area contributed by atoms with Crippen LogP contribution in [0.5, 0.6) is 0 Å². The van der Waals surface area contributed by atoms with E-state index in [1.54, 1.807) is 6.07 Å². The van der Waals surface area contributed by atoms with Crippen LogP contribution in [-0.4, -0.2) is 17.1 Å². The Morgan fingerprint density at radius 2 is 1.70 bits per heavy atom. The molecular formula is C18H17BrN2O2. The van der Waals surface area contributed by atoms with Crippen LogP contribution in [0.15, 0.2) is 66.9 Å². The predicted molar refractivity (Wildman–Crippen MR) is 96.2 cm³/mol. The highest BCUT2D eigenvalue weighted by Crippen LogP contribution is 2.22. The van der Waals surface area contributed by atoms with E-state index in [4.69, 9.17) is 0 Å². The van der Waals surface area contributed by atoms with E-state index in [0.717, 1.165) is 11.1 Å². The smallest absolute Gasteiger partial charge is 0.271 e. The van der Waals surface area contributed by atoms with E-state index < -0.39 is 5.91 Å². The molecule has 0 aromatic heterocycles. The molecule has 0 aliphatic heterocycles. The van der Waals surface area contributed by atoms with Crippen molar-refractivity contribution in [3.05, 3.63) is 66.9 Å². The molecule has 23 heavy (non-hydrogen) atoms. The molecule has 0 bridgehead atoms. The maximum Gasteiger partial charge on any atom is 0.271 e. The lowest BCUT2D eigenvalue weighted by atomic mass is 10.1. The maximum absolute atomic E-state index is 12.1. The Labute approximate surface area is 143 Å². The van der Waals surface area contributed by atoms with Crippen molar-refractivity contribution in [3.63, 3.8) is 0 Å². The third kappa shape index (κ3) is 5.07. The Kier molecular flexibility index (Phi) is 6.11. The van der Waals surface area contributed by atoms with Crippen LogP contribution in [0.2, 0.25) is 0 Å². The van der Waals surface area contributed by atoms with Gasteiger partial charge in [0.2, 0.25) is 5.91 Å². The van der Waals surface area contributed by atoms with Crippen molar-refractivity contribution in [2.75, 3.05) is 10.6 Å². The van der Waals surface area contributed by atoms with Crippen molar-refractivity contribution in [1.29, 1.82) is 0 Å². The van der Waals surface area contributed by atoms with E-state index in [2.05, 4.69) is 33.1 Å². The van der Waals surface area contributed by atoms with E-state index in [1.165, 1.54) is 0 Å². The molecule has 118 valence electrons. The SMILES string of the molecule is C=C(NC(=O)CCBr)C(=O)Nc1cccc(-c2ccccc2)c1. The third-order valence-electron chi connectivity index (χ3n) is 3.11. The Morgan fingerprint density at radius 1 is 1.00 bits per heavy atom. The first-order valence-corrected chi connectivity index (χ1v) is 8.24. The van der Waals surface area contributed by atoms with Gasteiger partial charge >= 0.3 is 0 Å². The second kappa shape index (κ2) is 8.29. The molecule has 2 N–H and O–H groups in total. The molecule has 0 aliphatic carbocycles. The number of nitrogens with one attached hydrogen (secondary N) is 2. The van der Waals surface area contributed by atoms with E-state index in [9.17, 15) is 9.59 Å². The van der Waals surface area contributed by atoms with Gasteiger partial charge in [-0.25, -0.2) is 0 Å². The number of benzene rings is 2. The first-order chi connectivity index (χ1) is 11.1. The van der Waals surface area contributed by atoms with Gasteiger partial charge in [-0.15, -0.1) is 0 Å². The second-order valence-corrected chi connectivity index (χ2v) is 5.66. The van der Waals surface area contributed by atoms with Crippen LogP contribution in [0.4, 0.5) is 5.69 Å². The van der Waals surface area contributed by atoms with Crippen LogP contribution in [0, 0.1) is 0 Å². The van der Waals surface area contributed by atoms with Crippen LogP contribution in [0.3, 0.4) is 0 Å². The summed E-state index contributed by atoms with van der Waals surface area (Å²) in [6, 6.07) is 17.4. The highest BCUT2D eigenvalue weighted by atomic mass is 79.9. The van der Waals surface area contributed by atoms with Crippen molar-refractivity contribution in [1.82, 2.24) is 5.32 Å². The maximum atomic E-state index is 12.1. The highest BCUT2D eigenvalue weighted by molar-refractivity contribution is 9.09. The Balaban J connectivity index is 2.04. The number of hydrogen-bond acceptors (Lipinski definition) is 2. The van der Waals surface area contributed by atoms with Gasteiger partial charge < -0.3 is 10.6 Å². The monoisotopic (exact) mass is 372 g/mol. The first-order valence-electron chi connectivity index (χ1n) is 7.11. The Morgan fingerprint density at radius 3 is 2.39 bits per heavy atom. The normalized spacial score (nSPS) is 9.96. The minimum Gasteiger partial charge on any atom is -0.322 e. The summed E-state index contributed by atoms with van der Waals surface area (Å²) in [6.45, 7) is 3.59. The van der Waals surface area contributed by atoms with Crippen LogP contribution in [-0.2, 0) is 9.59 Å². The standard InChI is InChI=1S/C18H17BrN2O2/c1-13(20-17(22)10-11-19)18(23)21-16-9-5-8-15(12-16)14-6-3-2-4-7-14/h2-9,12H,1,10-11H2,(H,20,22)(H,21,23). The largest absolute Gasteiger partial charge is 0.322 e. The lowest BCUT2D eigenvalue weighted by molar-refractivity contribution is -0.122. The lowest BCUT2D eigenvalue weighted by Crippen LogP contribution is -2.30. The summed E-state index contributed by atoms with van der Waals surface area (Å²) in [7, 11) is 0. The van der Waals surface area contributed by atoms with Gasteiger partial charge in [-0.3, -0.25) is 9.59 Å². The average molecular weight is 373 g/mol. The topological polar surface area (TPSA) is 58.2 Å². The van der Waals surface area contributed by atoms with Gasteiger partial charge in [0, 0.05) is 17.4 Å². The lowest BCUT2D eigenvalue weighted by Gasteiger charge is -2.10. The van der Waals surface area contributed by atoms with Crippen molar-refractivity contribution in [2.24, 2.45) is 0 Å². The zero-order chi connectivity index (χ0) is 16.7. The number of anilines is 1. The molecule has 0 unspecified atom stereocenters. The zero-order valence-corrected chi connectivity index (χ0v) is 14.1. The molecule has 0 radical (unpaired) electrons. The van der Waals surface area contributed by atoms with Gasteiger partial charge in [0.1, 0.15) is 0 Å². The fraction of sp³-hybridized carbons (Fsp3) is 0.111. The average Bonchev–Trinajstić information content (AvgIpc) is 2.56. The fourth-order valence-corrected chi connectivity index (χ4v) is 2.35. The first kappa shape index (κ1) is 17.0. The van der Waals surface area contributed by atoms with Crippen molar-refractivity contribution in [3.8, 4) is 11.1 Å². The van der Waals surface area contributed by atoms with Crippen molar-refractivity contribution >= 4 is 33.4 Å². The Bertz CT molecular complexity index is 714. The number of amides is 2. The van der Waals surface area contributed by atoms with Gasteiger partial charge in [-0.2, -0.15) is 0 Å². The number of carbonyl (C=O) groups is 2. The zero-order valence-electron chi connectivity index (χ0n) is 12.5. The number of alkyl halides is 1. The van der Waals surface area contributed by atoms with Crippen LogP contribution in [0.1, 0.15) is 6.42 Å². The molecule has 4 nitrogen and oxygen atoms in total. The van der Waals surface area contributed by atoms with Gasteiger partial charge in [0.05, 0.1) is 5.70 Å². The minimum atomic E-state index is -0.432. The van der Waals surface area contributed by atoms with E-state index in [0.29, 0.717) is 11.0 Å². The molecular weight excluding hydrogens is 356 g/mol. The molecule has 0 saturated carbocycles. The number of halogens is 1. The van der Waals surface area contributed by atoms with Crippen molar-refractivity contribution in [2.45, 2.75) is 6.42 Å². The van der Waals surface area contributed by atoms with Crippen LogP contribution >= 0.6 is 15.9 Å². The van der Waals surface area contributed by atoms with E-state index in [1.807, 2.05) is 48.5 Å². The summed E-state index contributed by atoms with van der Waals surface area (Å²) in [4.78, 5) is 23.5. The summed E-state index contributed by atoms with van der Waals surface area (Å²) in [6.07, 6.45) is 0.287. The molecule has 0 atom stereocenters. The molecule has 0 saturated heterocycles. The molecule has 5 heteroatoms.